The van der Waals surface area contributed by atoms with Crippen LogP contribution in [0.5, 0.6) is 0 Å². The molecule has 0 radical (unpaired) electrons. The summed E-state index contributed by atoms with van der Waals surface area (Å²) in [5, 5.41) is 0.766. The molecule has 0 aliphatic carbocycles. The summed E-state index contributed by atoms with van der Waals surface area (Å²) in [6, 6.07) is 7.79. The molecule has 3 nitrogen and oxygen atoms in total. The largest absolute Gasteiger partial charge is 0.340 e. The summed E-state index contributed by atoms with van der Waals surface area (Å²) >= 11 is 7.78. The number of nitrogens with zero attached hydrogens (tertiary/aromatic N) is 2. The predicted octanol–water partition coefficient (Wildman–Crippen LogP) is 3.62. The number of halogens is 1. The minimum absolute atomic E-state index is 0.267. The van der Waals surface area contributed by atoms with E-state index in [1.54, 1.807) is 11.8 Å². The van der Waals surface area contributed by atoms with Crippen molar-refractivity contribution in [3.63, 3.8) is 0 Å². The molecule has 1 fully saturated rings. The molecule has 0 spiro atoms. The molecule has 1 heterocycles. The van der Waals surface area contributed by atoms with Gasteiger partial charge in [-0.05, 0) is 18.1 Å². The van der Waals surface area contributed by atoms with E-state index in [9.17, 15) is 4.79 Å². The van der Waals surface area contributed by atoms with E-state index in [-0.39, 0.29) is 5.91 Å². The van der Waals surface area contributed by atoms with Crippen LogP contribution in [0.1, 0.15) is 20.3 Å². The van der Waals surface area contributed by atoms with Crippen LogP contribution in [0.2, 0.25) is 5.02 Å². The fourth-order valence-electron chi connectivity index (χ4n) is 2.66. The van der Waals surface area contributed by atoms with Crippen molar-refractivity contribution in [3.05, 3.63) is 29.3 Å². The smallest absolute Gasteiger partial charge is 0.223 e. The van der Waals surface area contributed by atoms with E-state index in [2.05, 4.69) is 18.7 Å². The summed E-state index contributed by atoms with van der Waals surface area (Å²) in [5.74, 6) is 1.74. The number of piperazine rings is 1. The highest BCUT2D eigenvalue weighted by atomic mass is 35.5. The molecule has 1 aromatic rings. The first kappa shape index (κ1) is 17.6. The Hall–Kier alpha value is -0.710. The average Bonchev–Trinajstić information content (AvgIpc) is 2.49. The zero-order valence-electron chi connectivity index (χ0n) is 13.4. The number of benzene rings is 1. The summed E-state index contributed by atoms with van der Waals surface area (Å²) in [5.41, 5.74) is 0. The normalized spacial score (nSPS) is 16.3. The number of hydrogen-bond acceptors (Lipinski definition) is 3. The monoisotopic (exact) mass is 340 g/mol. The second-order valence-corrected chi connectivity index (χ2v) is 7.65. The summed E-state index contributed by atoms with van der Waals surface area (Å²) < 4.78 is 0. The molecule has 0 aromatic heterocycles. The summed E-state index contributed by atoms with van der Waals surface area (Å²) in [4.78, 5) is 17.8. The van der Waals surface area contributed by atoms with Gasteiger partial charge in [0.25, 0.3) is 0 Å². The number of thioether (sulfide) groups is 1. The quantitative estimate of drug-likeness (QED) is 0.739. The van der Waals surface area contributed by atoms with Crippen LogP contribution in [-0.2, 0) is 4.79 Å². The van der Waals surface area contributed by atoms with E-state index in [1.807, 2.05) is 29.2 Å². The molecular weight excluding hydrogens is 316 g/mol. The van der Waals surface area contributed by atoms with E-state index >= 15 is 0 Å². The Morgan fingerprint density at radius 1 is 1.23 bits per heavy atom. The van der Waals surface area contributed by atoms with Crippen molar-refractivity contribution in [2.24, 2.45) is 5.92 Å². The lowest BCUT2D eigenvalue weighted by Crippen LogP contribution is -2.49. The molecule has 22 heavy (non-hydrogen) atoms. The van der Waals surface area contributed by atoms with E-state index in [4.69, 9.17) is 11.6 Å². The molecule has 2 rings (SSSR count). The standard InChI is InChI=1S/C17H25ClN2OS/c1-14(2)13-19-8-10-20(11-9-19)17(21)7-12-22-16-6-4-3-5-15(16)18/h3-6,14H,7-13H2,1-2H3. The van der Waals surface area contributed by atoms with Gasteiger partial charge < -0.3 is 4.90 Å². The molecule has 0 bridgehead atoms. The van der Waals surface area contributed by atoms with Crippen molar-refractivity contribution in [1.82, 2.24) is 9.80 Å². The molecule has 0 atom stereocenters. The molecular formula is C17H25ClN2OS. The number of carbonyl (C=O) groups excluding carboxylic acids is 1. The molecule has 122 valence electrons. The van der Waals surface area contributed by atoms with Gasteiger partial charge in [0, 0.05) is 49.8 Å². The molecule has 0 saturated carbocycles. The van der Waals surface area contributed by atoms with Gasteiger partial charge in [-0.2, -0.15) is 0 Å². The van der Waals surface area contributed by atoms with Crippen LogP contribution in [0, 0.1) is 5.92 Å². The third-order valence-electron chi connectivity index (χ3n) is 3.76. The van der Waals surface area contributed by atoms with Gasteiger partial charge in [-0.3, -0.25) is 9.69 Å². The van der Waals surface area contributed by atoms with Gasteiger partial charge in [-0.15, -0.1) is 11.8 Å². The van der Waals surface area contributed by atoms with E-state index < -0.39 is 0 Å². The third kappa shape index (κ3) is 5.49. The Morgan fingerprint density at radius 3 is 2.55 bits per heavy atom. The van der Waals surface area contributed by atoms with Crippen LogP contribution in [0.4, 0.5) is 0 Å². The zero-order valence-corrected chi connectivity index (χ0v) is 15.0. The van der Waals surface area contributed by atoms with Gasteiger partial charge in [-0.1, -0.05) is 37.6 Å². The zero-order chi connectivity index (χ0) is 15.9. The van der Waals surface area contributed by atoms with Crippen LogP contribution < -0.4 is 0 Å². The maximum absolute atomic E-state index is 12.3. The number of amides is 1. The first-order valence-corrected chi connectivity index (χ1v) is 9.30. The molecule has 1 aliphatic heterocycles. The molecule has 0 N–H and O–H groups in total. The molecule has 1 amide bonds. The minimum Gasteiger partial charge on any atom is -0.340 e. The second kappa shape index (κ2) is 8.80. The fraction of sp³-hybridized carbons (Fsp3) is 0.588. The Balaban J connectivity index is 1.69. The summed E-state index contributed by atoms with van der Waals surface area (Å²) in [6.45, 7) is 9.34. The van der Waals surface area contributed by atoms with Gasteiger partial charge in [0.1, 0.15) is 0 Å². The molecule has 0 unspecified atom stereocenters. The number of rotatable bonds is 6. The highest BCUT2D eigenvalue weighted by Gasteiger charge is 2.21. The van der Waals surface area contributed by atoms with E-state index in [0.717, 1.165) is 48.4 Å². The number of carbonyl (C=O) groups is 1. The first-order chi connectivity index (χ1) is 10.6. The van der Waals surface area contributed by atoms with Crippen molar-refractivity contribution in [2.45, 2.75) is 25.2 Å². The fourth-order valence-corrected chi connectivity index (χ4v) is 3.84. The van der Waals surface area contributed by atoms with Crippen LogP contribution in [-0.4, -0.2) is 54.2 Å². The average molecular weight is 341 g/mol. The van der Waals surface area contributed by atoms with Crippen molar-refractivity contribution in [1.29, 1.82) is 0 Å². The Kier molecular flexibility index (Phi) is 7.06. The molecule has 5 heteroatoms. The maximum atomic E-state index is 12.3. The number of hydrogen-bond donors (Lipinski definition) is 0. The van der Waals surface area contributed by atoms with Crippen molar-refractivity contribution < 1.29 is 4.79 Å². The van der Waals surface area contributed by atoms with Crippen LogP contribution in [0.25, 0.3) is 0 Å². The van der Waals surface area contributed by atoms with Gasteiger partial charge >= 0.3 is 0 Å². The lowest BCUT2D eigenvalue weighted by molar-refractivity contribution is -0.132. The Labute approximate surface area is 143 Å². The highest BCUT2D eigenvalue weighted by molar-refractivity contribution is 7.99. The second-order valence-electron chi connectivity index (χ2n) is 6.10. The van der Waals surface area contributed by atoms with Crippen molar-refractivity contribution >= 4 is 29.3 Å². The van der Waals surface area contributed by atoms with Crippen molar-refractivity contribution in [3.8, 4) is 0 Å². The Morgan fingerprint density at radius 2 is 1.91 bits per heavy atom. The topological polar surface area (TPSA) is 23.6 Å². The SMILES string of the molecule is CC(C)CN1CCN(C(=O)CCSc2ccccc2Cl)CC1. The third-order valence-corrected chi connectivity index (χ3v) is 5.28. The lowest BCUT2D eigenvalue weighted by Gasteiger charge is -2.35. The maximum Gasteiger partial charge on any atom is 0.223 e. The summed E-state index contributed by atoms with van der Waals surface area (Å²) in [7, 11) is 0. The predicted molar refractivity (Wildman–Crippen MR) is 94.7 cm³/mol. The van der Waals surface area contributed by atoms with E-state index in [0.29, 0.717) is 12.3 Å². The minimum atomic E-state index is 0.267. The van der Waals surface area contributed by atoms with Gasteiger partial charge in [0.15, 0.2) is 0 Å². The van der Waals surface area contributed by atoms with Gasteiger partial charge in [0.2, 0.25) is 5.91 Å². The molecule has 1 aromatic carbocycles. The molecule has 1 aliphatic rings. The highest BCUT2D eigenvalue weighted by Crippen LogP contribution is 2.27. The molecule has 1 saturated heterocycles. The van der Waals surface area contributed by atoms with Gasteiger partial charge in [0.05, 0.1) is 5.02 Å². The van der Waals surface area contributed by atoms with E-state index in [1.165, 1.54) is 0 Å². The van der Waals surface area contributed by atoms with Gasteiger partial charge in [-0.25, -0.2) is 0 Å². The van der Waals surface area contributed by atoms with Crippen LogP contribution in [0.15, 0.2) is 29.2 Å². The first-order valence-electron chi connectivity index (χ1n) is 7.93. The van der Waals surface area contributed by atoms with Crippen LogP contribution in [0.3, 0.4) is 0 Å². The summed E-state index contributed by atoms with van der Waals surface area (Å²) in [6.07, 6.45) is 0.583. The Bertz CT molecular complexity index is 487. The van der Waals surface area contributed by atoms with Crippen molar-refractivity contribution in [2.75, 3.05) is 38.5 Å². The van der Waals surface area contributed by atoms with Crippen LogP contribution >= 0.6 is 23.4 Å². The lowest BCUT2D eigenvalue weighted by atomic mass is 10.2.